The molecular formula is C32H30N4O4S3. The third-order valence-corrected chi connectivity index (χ3v) is 9.38. The molecule has 0 aliphatic heterocycles. The lowest BCUT2D eigenvalue weighted by Crippen LogP contribution is -2.22. The van der Waals surface area contributed by atoms with Crippen molar-refractivity contribution < 1.29 is 19.1 Å². The highest BCUT2D eigenvalue weighted by atomic mass is 32.2. The lowest BCUT2D eigenvalue weighted by Gasteiger charge is -2.11. The van der Waals surface area contributed by atoms with Crippen molar-refractivity contribution in [2.75, 3.05) is 34.1 Å². The molecule has 5 rings (SSSR count). The first kappa shape index (κ1) is 30.4. The Kier molecular flexibility index (Phi) is 10.2. The van der Waals surface area contributed by atoms with Crippen LogP contribution in [0.4, 0.5) is 17.1 Å². The summed E-state index contributed by atoms with van der Waals surface area (Å²) >= 11 is 4.10. The summed E-state index contributed by atoms with van der Waals surface area (Å²) in [7, 11) is 0. The Morgan fingerprint density at radius 1 is 0.814 bits per heavy atom. The Morgan fingerprint density at radius 2 is 1.47 bits per heavy atom. The first-order chi connectivity index (χ1) is 20.9. The van der Waals surface area contributed by atoms with Crippen molar-refractivity contribution in [2.45, 2.75) is 23.4 Å². The summed E-state index contributed by atoms with van der Waals surface area (Å²) < 4.78 is 7.11. The molecule has 8 nitrogen and oxygen atoms in total. The molecule has 0 radical (unpaired) electrons. The Labute approximate surface area is 262 Å². The van der Waals surface area contributed by atoms with Crippen LogP contribution >= 0.6 is 34.9 Å². The van der Waals surface area contributed by atoms with Crippen LogP contribution in [0, 0.1) is 0 Å². The first-order valence-electron chi connectivity index (χ1n) is 13.6. The fourth-order valence-electron chi connectivity index (χ4n) is 4.18. The number of aromatic nitrogens is 1. The molecule has 1 aromatic heterocycles. The van der Waals surface area contributed by atoms with E-state index in [1.54, 1.807) is 6.07 Å². The highest BCUT2D eigenvalue weighted by Gasteiger charge is 2.18. The molecule has 0 saturated heterocycles. The van der Waals surface area contributed by atoms with E-state index >= 15 is 0 Å². The van der Waals surface area contributed by atoms with Gasteiger partial charge in [0.2, 0.25) is 17.7 Å². The Hall–Kier alpha value is -4.06. The lowest BCUT2D eigenvalue weighted by atomic mass is 10.1. The molecule has 1 heterocycles. The second-order valence-electron chi connectivity index (χ2n) is 9.52. The molecule has 11 heteroatoms. The monoisotopic (exact) mass is 630 g/mol. The summed E-state index contributed by atoms with van der Waals surface area (Å²) in [6.07, 6.45) is 0. The molecule has 3 N–H and O–H groups in total. The van der Waals surface area contributed by atoms with Gasteiger partial charge in [-0.05, 0) is 79.2 Å². The van der Waals surface area contributed by atoms with Crippen LogP contribution in [-0.4, -0.2) is 46.1 Å². The molecule has 0 fully saturated rings. The van der Waals surface area contributed by atoms with E-state index in [1.165, 1.54) is 34.9 Å². The Morgan fingerprint density at radius 3 is 2.19 bits per heavy atom. The van der Waals surface area contributed by atoms with E-state index < -0.39 is 0 Å². The van der Waals surface area contributed by atoms with Gasteiger partial charge >= 0.3 is 0 Å². The highest BCUT2D eigenvalue weighted by molar-refractivity contribution is 8.02. The van der Waals surface area contributed by atoms with Gasteiger partial charge in [-0.25, -0.2) is 4.98 Å². The number of thioether (sulfide) groups is 2. The molecule has 4 aromatic carbocycles. The predicted octanol–water partition coefficient (Wildman–Crippen LogP) is 7.28. The van der Waals surface area contributed by atoms with Gasteiger partial charge in [0.25, 0.3) is 0 Å². The third-order valence-electron chi connectivity index (χ3n) is 6.23. The van der Waals surface area contributed by atoms with E-state index in [1.807, 2.05) is 92.7 Å². The number of hydrogen-bond acceptors (Lipinski definition) is 8. The number of carbonyl (C=O) groups is 3. The summed E-state index contributed by atoms with van der Waals surface area (Å²) in [5, 5.41) is 10.5. The number of nitrogens with zero attached hydrogens (tertiary/aromatic N) is 1. The lowest BCUT2D eigenvalue weighted by molar-refractivity contribution is -0.116. The van der Waals surface area contributed by atoms with Crippen LogP contribution in [0.25, 0.3) is 21.0 Å². The molecule has 0 aliphatic carbocycles. The number of rotatable bonds is 12. The zero-order valence-electron chi connectivity index (χ0n) is 23.6. The van der Waals surface area contributed by atoms with Crippen molar-refractivity contribution in [2.24, 2.45) is 0 Å². The maximum absolute atomic E-state index is 12.7. The smallest absolute Gasteiger partial charge is 0.237 e. The van der Waals surface area contributed by atoms with Crippen LogP contribution in [0.15, 0.2) is 89.3 Å². The number of nitrogens with one attached hydrogen (secondary N) is 3. The number of carbonyl (C=O) groups excluding carboxylic acids is 3. The molecule has 1 unspecified atom stereocenters. The topological polar surface area (TPSA) is 109 Å². The standard InChI is InChI=1S/C32H30N4O4S3/c1-3-40-26-13-10-23(11-14-26)35-31(39)20(2)42-32-36-27-15-12-25(17-28(27)43-32)34-30(38)19-41-18-29(37)33-24-9-8-21-6-4-5-7-22(21)16-24/h4-17,20H,3,18-19H2,1-2H3,(H,33,37)(H,34,38)(H,35,39). The van der Waals surface area contributed by atoms with Crippen LogP contribution < -0.4 is 20.7 Å². The Balaban J connectivity index is 1.08. The van der Waals surface area contributed by atoms with E-state index in [0.717, 1.165) is 36.8 Å². The van der Waals surface area contributed by atoms with Crippen molar-refractivity contribution >= 4 is 90.6 Å². The van der Waals surface area contributed by atoms with Gasteiger partial charge in [0.05, 0.1) is 33.6 Å². The van der Waals surface area contributed by atoms with Gasteiger partial charge in [0, 0.05) is 17.1 Å². The van der Waals surface area contributed by atoms with E-state index in [9.17, 15) is 14.4 Å². The van der Waals surface area contributed by atoms with Gasteiger partial charge < -0.3 is 20.7 Å². The van der Waals surface area contributed by atoms with Gasteiger partial charge in [-0.3, -0.25) is 14.4 Å². The maximum atomic E-state index is 12.7. The van der Waals surface area contributed by atoms with Crippen molar-refractivity contribution in [3.8, 4) is 5.75 Å². The summed E-state index contributed by atoms with van der Waals surface area (Å²) in [4.78, 5) is 42.3. The number of thiazole rings is 1. The molecule has 220 valence electrons. The van der Waals surface area contributed by atoms with Gasteiger partial charge in [-0.2, -0.15) is 0 Å². The largest absolute Gasteiger partial charge is 0.494 e. The van der Waals surface area contributed by atoms with Crippen LogP contribution in [0.1, 0.15) is 13.8 Å². The van der Waals surface area contributed by atoms with E-state index in [2.05, 4.69) is 20.9 Å². The summed E-state index contributed by atoms with van der Waals surface area (Å²) in [5.74, 6) is 0.595. The normalized spacial score (nSPS) is 11.7. The molecule has 0 saturated carbocycles. The second-order valence-corrected chi connectivity index (χ2v) is 13.1. The van der Waals surface area contributed by atoms with E-state index in [4.69, 9.17) is 4.74 Å². The minimum absolute atomic E-state index is 0.121. The van der Waals surface area contributed by atoms with Gasteiger partial charge in [0.15, 0.2) is 4.34 Å². The molecule has 0 spiro atoms. The van der Waals surface area contributed by atoms with Crippen LogP contribution in [-0.2, 0) is 14.4 Å². The quantitative estimate of drug-likeness (QED) is 0.124. The van der Waals surface area contributed by atoms with Gasteiger partial charge in [-0.15, -0.1) is 23.1 Å². The zero-order chi connectivity index (χ0) is 30.2. The second kappa shape index (κ2) is 14.4. The number of anilines is 3. The van der Waals surface area contributed by atoms with Crippen LogP contribution in [0.2, 0.25) is 0 Å². The molecule has 5 aromatic rings. The summed E-state index contributed by atoms with van der Waals surface area (Å²) in [5.41, 5.74) is 2.88. The number of hydrogen-bond donors (Lipinski definition) is 3. The molecular weight excluding hydrogens is 601 g/mol. The number of amides is 3. The van der Waals surface area contributed by atoms with Gasteiger partial charge in [-0.1, -0.05) is 42.1 Å². The number of fused-ring (bicyclic) bond motifs is 2. The number of benzene rings is 4. The highest BCUT2D eigenvalue weighted by Crippen LogP contribution is 2.34. The van der Waals surface area contributed by atoms with Crippen molar-refractivity contribution in [1.29, 1.82) is 0 Å². The van der Waals surface area contributed by atoms with Crippen molar-refractivity contribution in [3.63, 3.8) is 0 Å². The minimum atomic E-state index is -0.359. The fraction of sp³-hybridized carbons (Fsp3) is 0.188. The predicted molar refractivity (Wildman–Crippen MR) is 180 cm³/mol. The summed E-state index contributed by atoms with van der Waals surface area (Å²) in [6, 6.07) is 26.5. The van der Waals surface area contributed by atoms with E-state index in [-0.39, 0.29) is 34.5 Å². The third kappa shape index (κ3) is 8.50. The average Bonchev–Trinajstić information content (AvgIpc) is 3.39. The Bertz CT molecular complexity index is 1760. The van der Waals surface area contributed by atoms with Crippen molar-refractivity contribution in [3.05, 3.63) is 84.9 Å². The zero-order valence-corrected chi connectivity index (χ0v) is 26.0. The maximum Gasteiger partial charge on any atom is 0.237 e. The van der Waals surface area contributed by atoms with E-state index in [0.29, 0.717) is 18.0 Å². The molecule has 0 aliphatic rings. The SMILES string of the molecule is CCOc1ccc(NC(=O)C(C)Sc2nc3ccc(NC(=O)CSCC(=O)Nc4ccc5ccccc5c4)cc3s2)cc1. The average molecular weight is 631 g/mol. The molecule has 0 bridgehead atoms. The minimum Gasteiger partial charge on any atom is -0.494 e. The molecule has 3 amide bonds. The number of ether oxygens (including phenoxy) is 1. The van der Waals surface area contributed by atoms with Crippen LogP contribution in [0.3, 0.4) is 0 Å². The van der Waals surface area contributed by atoms with Gasteiger partial charge in [0.1, 0.15) is 5.75 Å². The fourth-order valence-corrected chi connectivity index (χ4v) is 7.05. The molecule has 1 atom stereocenters. The molecule has 43 heavy (non-hydrogen) atoms. The summed E-state index contributed by atoms with van der Waals surface area (Å²) in [6.45, 7) is 4.35. The van der Waals surface area contributed by atoms with Crippen molar-refractivity contribution in [1.82, 2.24) is 4.98 Å². The van der Waals surface area contributed by atoms with Crippen LogP contribution in [0.5, 0.6) is 5.75 Å². The first-order valence-corrected chi connectivity index (χ1v) is 16.5.